The Morgan fingerprint density at radius 3 is 2.24 bits per heavy atom. The van der Waals surface area contributed by atoms with E-state index in [1.807, 2.05) is 18.4 Å². The normalized spacial score (nSPS) is 20.6. The number of thioether (sulfide) groups is 1. The largest absolute Gasteiger partial charge is 0.493 e. The Kier molecular flexibility index (Phi) is 5.85. The van der Waals surface area contributed by atoms with Crippen molar-refractivity contribution >= 4 is 17.5 Å². The lowest BCUT2D eigenvalue weighted by atomic mass is 9.69. The van der Waals surface area contributed by atoms with E-state index >= 15 is 0 Å². The van der Waals surface area contributed by atoms with Gasteiger partial charge in [0, 0.05) is 17.7 Å². The summed E-state index contributed by atoms with van der Waals surface area (Å²) in [5.74, 6) is 1.06. The molecule has 7 heteroatoms. The van der Waals surface area contributed by atoms with Crippen molar-refractivity contribution in [3.8, 4) is 23.3 Å². The number of carbonyl (C=O) groups excluding carboxylic acids is 1. The molecule has 1 unspecified atom stereocenters. The van der Waals surface area contributed by atoms with Crippen LogP contribution in [-0.4, -0.2) is 33.4 Å². The number of nitrogens with one attached hydrogen (secondary N) is 1. The Bertz CT molecular complexity index is 931. The van der Waals surface area contributed by atoms with Gasteiger partial charge in [0.2, 0.25) is 5.75 Å². The highest BCUT2D eigenvalue weighted by atomic mass is 32.2. The molecule has 1 atom stereocenters. The maximum Gasteiger partial charge on any atom is 0.203 e. The molecule has 29 heavy (non-hydrogen) atoms. The first-order valence-electron chi connectivity index (χ1n) is 9.31. The molecule has 3 rings (SSSR count). The fourth-order valence-electron chi connectivity index (χ4n) is 4.14. The fourth-order valence-corrected chi connectivity index (χ4v) is 4.75. The molecule has 0 aromatic heterocycles. The lowest BCUT2D eigenvalue weighted by Gasteiger charge is -2.39. The van der Waals surface area contributed by atoms with Crippen LogP contribution in [0.5, 0.6) is 17.2 Å². The molecule has 154 valence electrons. The number of benzene rings is 1. The summed E-state index contributed by atoms with van der Waals surface area (Å²) in [5.41, 5.74) is 2.72. The topological polar surface area (TPSA) is 80.6 Å². The number of methoxy groups -OCH3 is 3. The number of Topliss-reactive ketones (excluding diaryl/α,β-unsaturated/α-hetero) is 1. The molecule has 0 saturated heterocycles. The number of allylic oxidation sites excluding steroid dienone is 3. The molecule has 0 bridgehead atoms. The van der Waals surface area contributed by atoms with Crippen LogP contribution < -0.4 is 19.5 Å². The highest BCUT2D eigenvalue weighted by Gasteiger charge is 2.42. The zero-order valence-corrected chi connectivity index (χ0v) is 18.5. The van der Waals surface area contributed by atoms with Crippen molar-refractivity contribution in [2.75, 3.05) is 27.6 Å². The number of ether oxygens (including phenoxy) is 3. The SMILES string of the molecule is COc1cc(C2C(C#N)=C(SC)NC3=C2C(=O)CC(C)(C)C3)cc(OC)c1OC. The van der Waals surface area contributed by atoms with Crippen LogP contribution in [0.3, 0.4) is 0 Å². The van der Waals surface area contributed by atoms with E-state index in [-0.39, 0.29) is 11.2 Å². The Balaban J connectivity index is 2.27. The highest BCUT2D eigenvalue weighted by molar-refractivity contribution is 8.02. The number of hydrogen-bond donors (Lipinski definition) is 1. The van der Waals surface area contributed by atoms with Crippen molar-refractivity contribution in [2.45, 2.75) is 32.6 Å². The third kappa shape index (κ3) is 3.69. The molecule has 0 radical (unpaired) electrons. The Morgan fingerprint density at radius 1 is 1.14 bits per heavy atom. The lowest BCUT2D eigenvalue weighted by Crippen LogP contribution is -2.36. The molecule has 1 N–H and O–H groups in total. The molecule has 1 aromatic rings. The fraction of sp³-hybridized carbons (Fsp3) is 0.455. The van der Waals surface area contributed by atoms with E-state index in [0.29, 0.717) is 34.8 Å². The number of nitrogens with zero attached hydrogens (tertiary/aromatic N) is 1. The van der Waals surface area contributed by atoms with Crippen LogP contribution in [0.4, 0.5) is 0 Å². The summed E-state index contributed by atoms with van der Waals surface area (Å²) in [5, 5.41) is 14.1. The number of dihydropyridines is 1. The van der Waals surface area contributed by atoms with E-state index < -0.39 is 5.92 Å². The summed E-state index contributed by atoms with van der Waals surface area (Å²) in [6.45, 7) is 4.18. The summed E-state index contributed by atoms with van der Waals surface area (Å²) in [7, 11) is 4.65. The second kappa shape index (κ2) is 8.03. The average Bonchev–Trinajstić information content (AvgIpc) is 2.69. The van der Waals surface area contributed by atoms with E-state index in [2.05, 4.69) is 25.2 Å². The molecular weight excluding hydrogens is 388 g/mol. The second-order valence-electron chi connectivity index (χ2n) is 7.91. The van der Waals surface area contributed by atoms with Crippen LogP contribution in [-0.2, 0) is 4.79 Å². The third-order valence-corrected chi connectivity index (χ3v) is 6.08. The van der Waals surface area contributed by atoms with Gasteiger partial charge in [-0.15, -0.1) is 11.8 Å². The number of nitriles is 1. The first kappa shape index (κ1) is 21.1. The molecule has 0 saturated carbocycles. The van der Waals surface area contributed by atoms with Gasteiger partial charge in [-0.1, -0.05) is 13.8 Å². The van der Waals surface area contributed by atoms with Gasteiger partial charge in [-0.3, -0.25) is 4.79 Å². The monoisotopic (exact) mass is 414 g/mol. The molecular formula is C22H26N2O4S. The standard InChI is InChI=1S/C22H26N2O4S/c1-22(2)9-14-19(15(25)10-22)18(13(11-23)21(24-14)29-6)12-7-16(26-3)20(28-5)17(8-12)27-4/h7-8,18,24H,9-10H2,1-6H3. The van der Waals surface area contributed by atoms with Crippen LogP contribution in [0.15, 0.2) is 34.0 Å². The van der Waals surface area contributed by atoms with Crippen molar-refractivity contribution in [3.05, 3.63) is 39.6 Å². The first-order valence-corrected chi connectivity index (χ1v) is 10.5. The zero-order chi connectivity index (χ0) is 21.3. The van der Waals surface area contributed by atoms with E-state index in [1.165, 1.54) is 11.8 Å². The van der Waals surface area contributed by atoms with Crippen molar-refractivity contribution in [3.63, 3.8) is 0 Å². The zero-order valence-electron chi connectivity index (χ0n) is 17.6. The van der Waals surface area contributed by atoms with Crippen LogP contribution >= 0.6 is 11.8 Å². The van der Waals surface area contributed by atoms with E-state index in [0.717, 1.165) is 22.7 Å². The summed E-state index contributed by atoms with van der Waals surface area (Å²) >= 11 is 1.47. The van der Waals surface area contributed by atoms with Gasteiger partial charge in [0.05, 0.1) is 43.9 Å². The molecule has 2 aliphatic rings. The van der Waals surface area contributed by atoms with Gasteiger partial charge in [0.15, 0.2) is 17.3 Å². The maximum atomic E-state index is 13.2. The second-order valence-corrected chi connectivity index (χ2v) is 8.73. The third-order valence-electron chi connectivity index (χ3n) is 5.35. The molecule has 0 spiro atoms. The van der Waals surface area contributed by atoms with Gasteiger partial charge in [0.1, 0.15) is 0 Å². The average molecular weight is 415 g/mol. The predicted molar refractivity (Wildman–Crippen MR) is 113 cm³/mol. The molecule has 1 aromatic carbocycles. The van der Waals surface area contributed by atoms with Crippen LogP contribution in [0.2, 0.25) is 0 Å². The van der Waals surface area contributed by atoms with E-state index in [9.17, 15) is 10.1 Å². The molecule has 0 amide bonds. The number of hydrogen-bond acceptors (Lipinski definition) is 7. The molecule has 1 aliphatic carbocycles. The van der Waals surface area contributed by atoms with Crippen LogP contribution in [0.25, 0.3) is 0 Å². The van der Waals surface area contributed by atoms with Crippen LogP contribution in [0.1, 0.15) is 38.2 Å². The molecule has 1 aliphatic heterocycles. The summed E-state index contributed by atoms with van der Waals surface area (Å²) in [6, 6.07) is 5.98. The summed E-state index contributed by atoms with van der Waals surface area (Å²) in [6.07, 6.45) is 3.12. The van der Waals surface area contributed by atoms with Crippen molar-refractivity contribution < 1.29 is 19.0 Å². The van der Waals surface area contributed by atoms with Crippen molar-refractivity contribution in [1.82, 2.24) is 5.32 Å². The van der Waals surface area contributed by atoms with E-state index in [1.54, 1.807) is 21.3 Å². The van der Waals surface area contributed by atoms with E-state index in [4.69, 9.17) is 14.2 Å². The number of carbonyl (C=O) groups is 1. The first-order chi connectivity index (χ1) is 13.8. The minimum absolute atomic E-state index is 0.0652. The summed E-state index contributed by atoms with van der Waals surface area (Å²) in [4.78, 5) is 13.2. The molecule has 1 heterocycles. The quantitative estimate of drug-likeness (QED) is 0.775. The lowest BCUT2D eigenvalue weighted by molar-refractivity contribution is -0.118. The minimum Gasteiger partial charge on any atom is -0.493 e. The Morgan fingerprint density at radius 2 is 1.76 bits per heavy atom. The minimum atomic E-state index is -0.476. The van der Waals surface area contributed by atoms with Gasteiger partial charge in [-0.05, 0) is 35.8 Å². The van der Waals surface area contributed by atoms with Crippen molar-refractivity contribution in [1.29, 1.82) is 5.26 Å². The molecule has 6 nitrogen and oxygen atoms in total. The predicted octanol–water partition coefficient (Wildman–Crippen LogP) is 4.14. The van der Waals surface area contributed by atoms with Gasteiger partial charge >= 0.3 is 0 Å². The van der Waals surface area contributed by atoms with Gasteiger partial charge in [0.25, 0.3) is 0 Å². The molecule has 0 fully saturated rings. The van der Waals surface area contributed by atoms with Crippen molar-refractivity contribution in [2.24, 2.45) is 5.41 Å². The highest BCUT2D eigenvalue weighted by Crippen LogP contribution is 2.50. The Labute approximate surface area is 175 Å². The Hall–Kier alpha value is -2.59. The summed E-state index contributed by atoms with van der Waals surface area (Å²) < 4.78 is 16.4. The number of rotatable bonds is 5. The van der Waals surface area contributed by atoms with Crippen LogP contribution in [0, 0.1) is 16.7 Å². The number of ketones is 1. The van der Waals surface area contributed by atoms with Gasteiger partial charge in [-0.25, -0.2) is 0 Å². The van der Waals surface area contributed by atoms with Gasteiger partial charge < -0.3 is 19.5 Å². The van der Waals surface area contributed by atoms with Gasteiger partial charge in [-0.2, -0.15) is 5.26 Å². The smallest absolute Gasteiger partial charge is 0.203 e. The maximum absolute atomic E-state index is 13.2.